The Kier molecular flexibility index (Phi) is 5.65. The number of hydrogen-bond acceptors (Lipinski definition) is 3. The van der Waals surface area contributed by atoms with Crippen LogP contribution < -0.4 is 5.32 Å². The summed E-state index contributed by atoms with van der Waals surface area (Å²) in [5, 5.41) is 3.10. The molecule has 3 rings (SSSR count). The smallest absolute Gasteiger partial charge is 0.257 e. The second kappa shape index (κ2) is 7.78. The SMILES string of the molecule is CC1CCCN(S(=O)(=O)c2ccc(NC(=O)c3ccccc3Cl)cc2)C1. The minimum Gasteiger partial charge on any atom is -0.322 e. The number of nitrogens with one attached hydrogen (secondary N) is 1. The summed E-state index contributed by atoms with van der Waals surface area (Å²) in [7, 11) is -3.50. The number of hydrogen-bond donors (Lipinski definition) is 1. The molecule has 26 heavy (non-hydrogen) atoms. The number of piperidine rings is 1. The predicted octanol–water partition coefficient (Wildman–Crippen LogP) is 4.01. The molecule has 0 radical (unpaired) electrons. The van der Waals surface area contributed by atoms with Crippen LogP contribution in [0.2, 0.25) is 5.02 Å². The number of benzene rings is 2. The number of nitrogens with zero attached hydrogens (tertiary/aromatic N) is 1. The topological polar surface area (TPSA) is 66.5 Å². The molecule has 0 bridgehead atoms. The predicted molar refractivity (Wildman–Crippen MR) is 103 cm³/mol. The lowest BCUT2D eigenvalue weighted by Gasteiger charge is -2.30. The molecule has 1 unspecified atom stereocenters. The maximum atomic E-state index is 12.8. The summed E-state index contributed by atoms with van der Waals surface area (Å²) < 4.78 is 27.0. The number of amides is 1. The number of rotatable bonds is 4. The van der Waals surface area contributed by atoms with Crippen molar-refractivity contribution in [2.24, 2.45) is 5.92 Å². The third-order valence-corrected chi connectivity index (χ3v) is 6.70. The molecule has 1 saturated heterocycles. The second-order valence-electron chi connectivity index (χ2n) is 6.57. The molecule has 1 atom stereocenters. The van der Waals surface area contributed by atoms with Crippen molar-refractivity contribution in [1.29, 1.82) is 0 Å². The molecule has 2 aromatic carbocycles. The van der Waals surface area contributed by atoms with Gasteiger partial charge in [-0.3, -0.25) is 4.79 Å². The van der Waals surface area contributed by atoms with E-state index in [0.29, 0.717) is 35.3 Å². The Balaban J connectivity index is 1.74. The second-order valence-corrected chi connectivity index (χ2v) is 8.91. The number of carbonyl (C=O) groups excluding carboxylic acids is 1. The largest absolute Gasteiger partial charge is 0.322 e. The molecule has 5 nitrogen and oxygen atoms in total. The number of anilines is 1. The Morgan fingerprint density at radius 1 is 1.15 bits per heavy atom. The molecule has 1 amide bonds. The van der Waals surface area contributed by atoms with E-state index >= 15 is 0 Å². The molecule has 138 valence electrons. The zero-order chi connectivity index (χ0) is 18.7. The standard InChI is InChI=1S/C19H21ClN2O3S/c1-14-5-4-12-22(13-14)26(24,25)16-10-8-15(9-11-16)21-19(23)17-6-2-3-7-18(17)20/h2-3,6-11,14H,4-5,12-13H2,1H3,(H,21,23). The fourth-order valence-corrected chi connectivity index (χ4v) is 4.89. The first-order valence-corrected chi connectivity index (χ1v) is 10.4. The maximum Gasteiger partial charge on any atom is 0.257 e. The molecule has 1 heterocycles. The van der Waals surface area contributed by atoms with E-state index in [2.05, 4.69) is 12.2 Å². The Hall–Kier alpha value is -1.89. The van der Waals surface area contributed by atoms with E-state index in [1.54, 1.807) is 40.7 Å². The van der Waals surface area contributed by atoms with Gasteiger partial charge in [-0.1, -0.05) is 30.7 Å². The van der Waals surface area contributed by atoms with Crippen LogP contribution in [0.4, 0.5) is 5.69 Å². The molecule has 0 saturated carbocycles. The zero-order valence-corrected chi connectivity index (χ0v) is 16.1. The Morgan fingerprint density at radius 2 is 1.85 bits per heavy atom. The van der Waals surface area contributed by atoms with Crippen LogP contribution in [0, 0.1) is 5.92 Å². The first-order chi connectivity index (χ1) is 12.4. The van der Waals surface area contributed by atoms with Gasteiger partial charge in [0.05, 0.1) is 15.5 Å². The van der Waals surface area contributed by atoms with Gasteiger partial charge in [0.15, 0.2) is 0 Å². The van der Waals surface area contributed by atoms with Gasteiger partial charge in [-0.05, 0) is 55.2 Å². The highest BCUT2D eigenvalue weighted by molar-refractivity contribution is 7.89. The van der Waals surface area contributed by atoms with Gasteiger partial charge in [0.2, 0.25) is 10.0 Å². The lowest BCUT2D eigenvalue weighted by Crippen LogP contribution is -2.39. The molecule has 0 aromatic heterocycles. The number of halogens is 1. The lowest BCUT2D eigenvalue weighted by atomic mass is 10.0. The summed E-state index contributed by atoms with van der Waals surface area (Å²) in [5.74, 6) is 0.0313. The van der Waals surface area contributed by atoms with Gasteiger partial charge in [-0.2, -0.15) is 4.31 Å². The fourth-order valence-electron chi connectivity index (χ4n) is 3.07. The van der Waals surface area contributed by atoms with Crippen molar-refractivity contribution >= 4 is 33.2 Å². The average Bonchev–Trinajstić information content (AvgIpc) is 2.62. The van der Waals surface area contributed by atoms with Crippen LogP contribution in [0.3, 0.4) is 0 Å². The van der Waals surface area contributed by atoms with E-state index in [4.69, 9.17) is 11.6 Å². The van der Waals surface area contributed by atoms with Crippen LogP contribution >= 0.6 is 11.6 Å². The van der Waals surface area contributed by atoms with Crippen molar-refractivity contribution in [1.82, 2.24) is 4.31 Å². The molecule has 7 heteroatoms. The highest BCUT2D eigenvalue weighted by Crippen LogP contribution is 2.25. The zero-order valence-electron chi connectivity index (χ0n) is 14.5. The number of carbonyl (C=O) groups is 1. The summed E-state index contributed by atoms with van der Waals surface area (Å²) >= 11 is 6.02. The van der Waals surface area contributed by atoms with Crippen LogP contribution in [-0.2, 0) is 10.0 Å². The van der Waals surface area contributed by atoms with Crippen molar-refractivity contribution < 1.29 is 13.2 Å². The molecular weight excluding hydrogens is 372 g/mol. The van der Waals surface area contributed by atoms with E-state index in [-0.39, 0.29) is 10.8 Å². The van der Waals surface area contributed by atoms with Crippen LogP contribution in [0.15, 0.2) is 53.4 Å². The molecule has 1 aliphatic heterocycles. The van der Waals surface area contributed by atoms with Gasteiger partial charge in [-0.25, -0.2) is 8.42 Å². The lowest BCUT2D eigenvalue weighted by molar-refractivity contribution is 0.102. The van der Waals surface area contributed by atoms with Crippen LogP contribution in [0.25, 0.3) is 0 Å². The third-order valence-electron chi connectivity index (χ3n) is 4.49. The molecule has 2 aromatic rings. The Bertz CT molecular complexity index is 897. The van der Waals surface area contributed by atoms with E-state index in [9.17, 15) is 13.2 Å². The summed E-state index contributed by atoms with van der Waals surface area (Å²) in [4.78, 5) is 12.5. The minimum atomic E-state index is -3.50. The van der Waals surface area contributed by atoms with Gasteiger partial charge in [-0.15, -0.1) is 0 Å². The van der Waals surface area contributed by atoms with Crippen molar-refractivity contribution in [2.45, 2.75) is 24.7 Å². The molecule has 1 fully saturated rings. The summed E-state index contributed by atoms with van der Waals surface area (Å²) in [6.07, 6.45) is 1.94. The number of sulfonamides is 1. The van der Waals surface area contributed by atoms with Crippen LogP contribution in [0.5, 0.6) is 0 Å². The highest BCUT2D eigenvalue weighted by atomic mass is 35.5. The highest BCUT2D eigenvalue weighted by Gasteiger charge is 2.28. The minimum absolute atomic E-state index is 0.238. The fraction of sp³-hybridized carbons (Fsp3) is 0.316. The van der Waals surface area contributed by atoms with Gasteiger partial charge in [0, 0.05) is 18.8 Å². The quantitative estimate of drug-likeness (QED) is 0.854. The normalized spacial score (nSPS) is 18.5. The average molecular weight is 393 g/mol. The maximum absolute atomic E-state index is 12.8. The molecule has 0 aliphatic carbocycles. The summed E-state index contributed by atoms with van der Waals surface area (Å²) in [5.41, 5.74) is 0.883. The molecule has 0 spiro atoms. The van der Waals surface area contributed by atoms with Crippen molar-refractivity contribution in [3.8, 4) is 0 Å². The third kappa shape index (κ3) is 4.09. The van der Waals surface area contributed by atoms with E-state index in [1.807, 2.05) is 0 Å². The van der Waals surface area contributed by atoms with Crippen molar-refractivity contribution in [3.63, 3.8) is 0 Å². The van der Waals surface area contributed by atoms with E-state index < -0.39 is 10.0 Å². The molecule has 1 aliphatic rings. The first kappa shape index (κ1) is 18.9. The van der Waals surface area contributed by atoms with Crippen LogP contribution in [-0.4, -0.2) is 31.7 Å². The van der Waals surface area contributed by atoms with Crippen molar-refractivity contribution in [3.05, 3.63) is 59.1 Å². The van der Waals surface area contributed by atoms with Crippen molar-refractivity contribution in [2.75, 3.05) is 18.4 Å². The molecular formula is C19H21ClN2O3S. The Labute approximate surface area is 159 Å². The van der Waals surface area contributed by atoms with Gasteiger partial charge < -0.3 is 5.32 Å². The summed E-state index contributed by atoms with van der Waals surface area (Å²) in [6.45, 7) is 3.17. The van der Waals surface area contributed by atoms with E-state index in [1.165, 1.54) is 12.1 Å². The van der Waals surface area contributed by atoms with E-state index in [0.717, 1.165) is 12.8 Å². The van der Waals surface area contributed by atoms with Gasteiger partial charge in [0.25, 0.3) is 5.91 Å². The van der Waals surface area contributed by atoms with Gasteiger partial charge in [0.1, 0.15) is 0 Å². The first-order valence-electron chi connectivity index (χ1n) is 8.54. The molecule has 1 N–H and O–H groups in total. The Morgan fingerprint density at radius 3 is 2.50 bits per heavy atom. The van der Waals surface area contributed by atoms with Gasteiger partial charge >= 0.3 is 0 Å². The van der Waals surface area contributed by atoms with Crippen LogP contribution in [0.1, 0.15) is 30.1 Å². The summed E-state index contributed by atoms with van der Waals surface area (Å²) in [6, 6.07) is 13.0. The monoisotopic (exact) mass is 392 g/mol.